The van der Waals surface area contributed by atoms with Gasteiger partial charge in [-0.3, -0.25) is 9.78 Å². The molecule has 1 aliphatic rings. The second kappa shape index (κ2) is 6.77. The number of carbonyl (C=O) groups excluding carboxylic acids is 1. The standard InChI is InChI=1S/C21H18N6O/c28-19-6-3-15-10-17(4-5-18(15)25-19)24-21-23-12-16-7-9-27(20(16)26-21)13-14-2-1-8-22-11-14/h1-2,4-5,7-12H,3,6,13H2,(H,25,28)(H,23,24,26). The van der Waals surface area contributed by atoms with Crippen LogP contribution in [0.1, 0.15) is 17.5 Å². The smallest absolute Gasteiger partial charge is 0.229 e. The highest BCUT2D eigenvalue weighted by Gasteiger charge is 2.15. The van der Waals surface area contributed by atoms with Gasteiger partial charge in [-0.2, -0.15) is 4.98 Å². The Morgan fingerprint density at radius 2 is 2.11 bits per heavy atom. The number of pyridine rings is 1. The lowest BCUT2D eigenvalue weighted by Gasteiger charge is -2.17. The second-order valence-corrected chi connectivity index (χ2v) is 6.82. The molecule has 1 aromatic carbocycles. The molecular weight excluding hydrogens is 352 g/mol. The first kappa shape index (κ1) is 16.4. The van der Waals surface area contributed by atoms with Crippen LogP contribution in [0.3, 0.4) is 0 Å². The molecule has 0 spiro atoms. The fourth-order valence-corrected chi connectivity index (χ4v) is 3.44. The number of benzene rings is 1. The molecule has 1 amide bonds. The Balaban J connectivity index is 1.42. The maximum absolute atomic E-state index is 11.5. The normalized spacial score (nSPS) is 13.2. The highest BCUT2D eigenvalue weighted by molar-refractivity contribution is 5.94. The summed E-state index contributed by atoms with van der Waals surface area (Å²) in [5.41, 5.74) is 4.88. The number of nitrogens with one attached hydrogen (secondary N) is 2. The van der Waals surface area contributed by atoms with Gasteiger partial charge in [0, 0.05) is 48.0 Å². The molecule has 0 radical (unpaired) electrons. The van der Waals surface area contributed by atoms with Gasteiger partial charge in [-0.25, -0.2) is 4.98 Å². The number of fused-ring (bicyclic) bond motifs is 2. The van der Waals surface area contributed by atoms with E-state index in [-0.39, 0.29) is 5.91 Å². The van der Waals surface area contributed by atoms with Crippen molar-refractivity contribution in [1.29, 1.82) is 0 Å². The number of amides is 1. The van der Waals surface area contributed by atoms with Crippen molar-refractivity contribution in [1.82, 2.24) is 19.5 Å². The number of carbonyl (C=O) groups is 1. The van der Waals surface area contributed by atoms with Crippen molar-refractivity contribution in [2.24, 2.45) is 0 Å². The third kappa shape index (κ3) is 3.18. The number of aromatic nitrogens is 4. The van der Waals surface area contributed by atoms with E-state index in [1.165, 1.54) is 0 Å². The van der Waals surface area contributed by atoms with Gasteiger partial charge in [0.15, 0.2) is 0 Å². The number of hydrogen-bond acceptors (Lipinski definition) is 5. The number of anilines is 3. The first-order chi connectivity index (χ1) is 13.7. The van der Waals surface area contributed by atoms with Crippen LogP contribution in [0, 0.1) is 0 Å². The van der Waals surface area contributed by atoms with Gasteiger partial charge in [0.05, 0.1) is 6.54 Å². The minimum absolute atomic E-state index is 0.0661. The molecule has 0 unspecified atom stereocenters. The first-order valence-corrected chi connectivity index (χ1v) is 9.15. The predicted molar refractivity (Wildman–Crippen MR) is 108 cm³/mol. The Hall–Kier alpha value is -3.74. The Morgan fingerprint density at radius 1 is 1.14 bits per heavy atom. The van der Waals surface area contributed by atoms with Crippen LogP contribution in [-0.4, -0.2) is 25.4 Å². The maximum Gasteiger partial charge on any atom is 0.229 e. The molecule has 3 aromatic heterocycles. The van der Waals surface area contributed by atoms with Crippen LogP contribution < -0.4 is 10.6 Å². The summed E-state index contributed by atoms with van der Waals surface area (Å²) in [4.78, 5) is 24.8. The second-order valence-electron chi connectivity index (χ2n) is 6.82. The summed E-state index contributed by atoms with van der Waals surface area (Å²) in [6, 6.07) is 11.9. The van der Waals surface area contributed by atoms with Crippen LogP contribution in [0.4, 0.5) is 17.3 Å². The van der Waals surface area contributed by atoms with E-state index in [1.54, 1.807) is 6.20 Å². The van der Waals surface area contributed by atoms with Crippen LogP contribution in [0.2, 0.25) is 0 Å². The zero-order valence-electron chi connectivity index (χ0n) is 15.1. The molecule has 0 fully saturated rings. The van der Waals surface area contributed by atoms with E-state index in [9.17, 15) is 4.79 Å². The van der Waals surface area contributed by atoms with Crippen LogP contribution in [0.5, 0.6) is 0 Å². The minimum atomic E-state index is 0.0661. The molecular formula is C21H18N6O. The van der Waals surface area contributed by atoms with E-state index < -0.39 is 0 Å². The zero-order valence-corrected chi connectivity index (χ0v) is 15.1. The lowest BCUT2D eigenvalue weighted by Crippen LogP contribution is -2.18. The van der Waals surface area contributed by atoms with Gasteiger partial charge in [-0.05, 0) is 47.9 Å². The van der Waals surface area contributed by atoms with Crippen molar-refractivity contribution in [3.63, 3.8) is 0 Å². The number of rotatable bonds is 4. The van der Waals surface area contributed by atoms with Crippen molar-refractivity contribution in [3.8, 4) is 0 Å². The summed E-state index contributed by atoms with van der Waals surface area (Å²) in [5.74, 6) is 0.606. The lowest BCUT2D eigenvalue weighted by atomic mass is 10.0. The molecule has 0 aliphatic carbocycles. The van der Waals surface area contributed by atoms with Crippen molar-refractivity contribution < 1.29 is 4.79 Å². The largest absolute Gasteiger partial charge is 0.328 e. The highest BCUT2D eigenvalue weighted by Crippen LogP contribution is 2.27. The summed E-state index contributed by atoms with van der Waals surface area (Å²) in [6.07, 6.45) is 8.72. The van der Waals surface area contributed by atoms with E-state index in [0.29, 0.717) is 18.9 Å². The summed E-state index contributed by atoms with van der Waals surface area (Å²) >= 11 is 0. The molecule has 2 N–H and O–H groups in total. The van der Waals surface area contributed by atoms with E-state index in [1.807, 2.05) is 55.0 Å². The summed E-state index contributed by atoms with van der Waals surface area (Å²) in [7, 11) is 0. The quantitative estimate of drug-likeness (QED) is 0.574. The Labute approximate surface area is 161 Å². The lowest BCUT2D eigenvalue weighted by molar-refractivity contribution is -0.116. The van der Waals surface area contributed by atoms with Crippen LogP contribution >= 0.6 is 0 Å². The number of hydrogen-bond donors (Lipinski definition) is 2. The Kier molecular flexibility index (Phi) is 3.97. The summed E-state index contributed by atoms with van der Waals surface area (Å²) in [6.45, 7) is 0.701. The SMILES string of the molecule is O=C1CCc2cc(Nc3ncc4ccn(Cc5cccnc5)c4n3)ccc2N1. The minimum Gasteiger partial charge on any atom is -0.328 e. The zero-order chi connectivity index (χ0) is 18.9. The van der Waals surface area contributed by atoms with E-state index in [0.717, 1.165) is 40.0 Å². The molecule has 28 heavy (non-hydrogen) atoms. The van der Waals surface area contributed by atoms with Gasteiger partial charge in [-0.15, -0.1) is 0 Å². The van der Waals surface area contributed by atoms with Crippen LogP contribution in [0.25, 0.3) is 11.0 Å². The fourth-order valence-electron chi connectivity index (χ4n) is 3.44. The van der Waals surface area contributed by atoms with E-state index >= 15 is 0 Å². The number of nitrogens with zero attached hydrogens (tertiary/aromatic N) is 4. The molecule has 138 valence electrons. The molecule has 0 saturated carbocycles. The first-order valence-electron chi connectivity index (χ1n) is 9.15. The van der Waals surface area contributed by atoms with Crippen LogP contribution in [0.15, 0.2) is 61.2 Å². The van der Waals surface area contributed by atoms with Crippen molar-refractivity contribution in [2.75, 3.05) is 10.6 Å². The Morgan fingerprint density at radius 3 is 3.00 bits per heavy atom. The molecule has 4 heterocycles. The highest BCUT2D eigenvalue weighted by atomic mass is 16.1. The van der Waals surface area contributed by atoms with Gasteiger partial charge in [0.25, 0.3) is 0 Å². The molecule has 1 aliphatic heterocycles. The van der Waals surface area contributed by atoms with Crippen LogP contribution in [-0.2, 0) is 17.8 Å². The van der Waals surface area contributed by atoms with Gasteiger partial charge in [0.1, 0.15) is 5.65 Å². The molecule has 0 atom stereocenters. The van der Waals surface area contributed by atoms with E-state index in [4.69, 9.17) is 4.98 Å². The van der Waals surface area contributed by atoms with Gasteiger partial charge in [-0.1, -0.05) is 6.07 Å². The molecule has 0 saturated heterocycles. The molecule has 0 bridgehead atoms. The topological polar surface area (TPSA) is 84.7 Å². The van der Waals surface area contributed by atoms with Crippen molar-refractivity contribution in [3.05, 3.63) is 72.3 Å². The van der Waals surface area contributed by atoms with Crippen molar-refractivity contribution in [2.45, 2.75) is 19.4 Å². The van der Waals surface area contributed by atoms with E-state index in [2.05, 4.69) is 25.2 Å². The Bertz CT molecular complexity index is 1170. The summed E-state index contributed by atoms with van der Waals surface area (Å²) < 4.78 is 2.08. The summed E-state index contributed by atoms with van der Waals surface area (Å²) in [5, 5.41) is 7.16. The molecule has 4 aromatic rings. The average Bonchev–Trinajstić information content (AvgIpc) is 3.11. The molecule has 5 rings (SSSR count). The molecule has 7 nitrogen and oxygen atoms in total. The predicted octanol–water partition coefficient (Wildman–Crippen LogP) is 3.50. The third-order valence-corrected chi connectivity index (χ3v) is 4.83. The average molecular weight is 370 g/mol. The third-order valence-electron chi connectivity index (χ3n) is 4.83. The van der Waals surface area contributed by atoms with Gasteiger partial charge in [0.2, 0.25) is 11.9 Å². The van der Waals surface area contributed by atoms with Gasteiger partial charge < -0.3 is 15.2 Å². The maximum atomic E-state index is 11.5. The fraction of sp³-hybridized carbons (Fsp3) is 0.143. The van der Waals surface area contributed by atoms with Crippen molar-refractivity contribution >= 4 is 34.3 Å². The van der Waals surface area contributed by atoms with Gasteiger partial charge >= 0.3 is 0 Å². The monoisotopic (exact) mass is 370 g/mol. The molecule has 7 heteroatoms. The number of aryl methyl sites for hydroxylation is 1.